The molecule has 0 heterocycles. The summed E-state index contributed by atoms with van der Waals surface area (Å²) in [5.41, 5.74) is 1.44. The summed E-state index contributed by atoms with van der Waals surface area (Å²) < 4.78 is 14.2. The Kier molecular flexibility index (Phi) is 9.66. The SMILES string of the molecule is CC[C@@H](C)NC(=O)[C@@H](C)N(Cc1ccccc1F)C(=O)CSCc1ccc(Cl)cc1. The number of carbonyl (C=O) groups excluding carboxylic acids is 2. The predicted octanol–water partition coefficient (Wildman–Crippen LogP) is 5.04. The number of nitrogens with zero attached hydrogens (tertiary/aromatic N) is 1. The van der Waals surface area contributed by atoms with Gasteiger partial charge in [0.2, 0.25) is 11.8 Å². The molecule has 0 saturated carbocycles. The summed E-state index contributed by atoms with van der Waals surface area (Å²) in [6.45, 7) is 5.61. The van der Waals surface area contributed by atoms with E-state index in [4.69, 9.17) is 11.6 Å². The van der Waals surface area contributed by atoms with Crippen LogP contribution in [0.1, 0.15) is 38.3 Å². The minimum absolute atomic E-state index is 0.00430. The Morgan fingerprint density at radius 2 is 1.80 bits per heavy atom. The fourth-order valence-corrected chi connectivity index (χ4v) is 3.77. The molecule has 0 bridgehead atoms. The molecule has 0 saturated heterocycles. The molecule has 2 aromatic carbocycles. The largest absolute Gasteiger partial charge is 0.352 e. The van der Waals surface area contributed by atoms with E-state index in [1.165, 1.54) is 22.7 Å². The third-order valence-corrected chi connectivity index (χ3v) is 6.11. The summed E-state index contributed by atoms with van der Waals surface area (Å²) in [5.74, 6) is 0.00136. The molecule has 0 unspecified atom stereocenters. The van der Waals surface area contributed by atoms with Gasteiger partial charge >= 0.3 is 0 Å². The zero-order valence-electron chi connectivity index (χ0n) is 17.5. The van der Waals surface area contributed by atoms with Crippen molar-refractivity contribution in [3.63, 3.8) is 0 Å². The molecule has 2 aromatic rings. The number of hydrogen-bond donors (Lipinski definition) is 1. The molecule has 0 aliphatic carbocycles. The van der Waals surface area contributed by atoms with Gasteiger partial charge in [0.15, 0.2) is 0 Å². The molecule has 7 heteroatoms. The Balaban J connectivity index is 2.08. The number of hydrogen-bond acceptors (Lipinski definition) is 3. The number of benzene rings is 2. The van der Waals surface area contributed by atoms with E-state index in [1.807, 2.05) is 38.1 Å². The number of nitrogens with one attached hydrogen (secondary N) is 1. The summed E-state index contributed by atoms with van der Waals surface area (Å²) >= 11 is 7.35. The van der Waals surface area contributed by atoms with Crippen LogP contribution < -0.4 is 5.32 Å². The molecule has 30 heavy (non-hydrogen) atoms. The Labute approximate surface area is 187 Å². The van der Waals surface area contributed by atoms with Crippen molar-refractivity contribution < 1.29 is 14.0 Å². The average molecular weight is 451 g/mol. The van der Waals surface area contributed by atoms with Crippen molar-refractivity contribution in [1.29, 1.82) is 0 Å². The first-order chi connectivity index (χ1) is 14.3. The Bertz CT molecular complexity index is 847. The van der Waals surface area contributed by atoms with Gasteiger partial charge in [0, 0.05) is 28.9 Å². The lowest BCUT2D eigenvalue weighted by atomic mass is 10.1. The Hall–Kier alpha value is -2.05. The molecule has 0 radical (unpaired) electrons. The number of amides is 2. The van der Waals surface area contributed by atoms with Crippen molar-refractivity contribution in [3.05, 3.63) is 70.5 Å². The van der Waals surface area contributed by atoms with E-state index in [2.05, 4.69) is 5.32 Å². The highest BCUT2D eigenvalue weighted by Crippen LogP contribution is 2.18. The number of carbonyl (C=O) groups is 2. The summed E-state index contributed by atoms with van der Waals surface area (Å²) in [6.07, 6.45) is 0.788. The van der Waals surface area contributed by atoms with Gasteiger partial charge in [-0.3, -0.25) is 9.59 Å². The second-order valence-corrected chi connectivity index (χ2v) is 8.65. The van der Waals surface area contributed by atoms with E-state index >= 15 is 0 Å². The Morgan fingerprint density at radius 1 is 1.13 bits per heavy atom. The highest BCUT2D eigenvalue weighted by atomic mass is 35.5. The summed E-state index contributed by atoms with van der Waals surface area (Å²) in [6, 6.07) is 13.1. The molecule has 0 aliphatic rings. The van der Waals surface area contributed by atoms with Gasteiger partial charge in [-0.1, -0.05) is 48.9 Å². The maximum Gasteiger partial charge on any atom is 0.242 e. The molecule has 2 amide bonds. The maximum atomic E-state index is 14.2. The monoisotopic (exact) mass is 450 g/mol. The van der Waals surface area contributed by atoms with Crippen molar-refractivity contribution in [1.82, 2.24) is 10.2 Å². The van der Waals surface area contributed by atoms with E-state index in [0.717, 1.165) is 12.0 Å². The highest BCUT2D eigenvalue weighted by Gasteiger charge is 2.27. The lowest BCUT2D eigenvalue weighted by Crippen LogP contribution is -2.50. The van der Waals surface area contributed by atoms with Crippen LogP contribution in [-0.2, 0) is 21.9 Å². The zero-order valence-corrected chi connectivity index (χ0v) is 19.1. The van der Waals surface area contributed by atoms with Crippen molar-refractivity contribution in [3.8, 4) is 0 Å². The van der Waals surface area contributed by atoms with Crippen LogP contribution in [0.25, 0.3) is 0 Å². The third kappa shape index (κ3) is 7.33. The van der Waals surface area contributed by atoms with Crippen LogP contribution in [0.5, 0.6) is 0 Å². The molecule has 2 atom stereocenters. The van der Waals surface area contributed by atoms with Crippen molar-refractivity contribution in [2.75, 3.05) is 5.75 Å². The van der Waals surface area contributed by atoms with Crippen LogP contribution in [0, 0.1) is 5.82 Å². The average Bonchev–Trinajstić information content (AvgIpc) is 2.73. The van der Waals surface area contributed by atoms with Crippen LogP contribution in [-0.4, -0.2) is 34.6 Å². The van der Waals surface area contributed by atoms with Gasteiger partial charge in [0.1, 0.15) is 11.9 Å². The maximum absolute atomic E-state index is 14.2. The van der Waals surface area contributed by atoms with E-state index in [-0.39, 0.29) is 30.2 Å². The lowest BCUT2D eigenvalue weighted by molar-refractivity contribution is -0.139. The first-order valence-electron chi connectivity index (χ1n) is 9.97. The van der Waals surface area contributed by atoms with Crippen molar-refractivity contribution >= 4 is 35.2 Å². The van der Waals surface area contributed by atoms with Crippen LogP contribution in [0.4, 0.5) is 4.39 Å². The van der Waals surface area contributed by atoms with Crippen molar-refractivity contribution in [2.24, 2.45) is 0 Å². The second kappa shape index (κ2) is 12.0. The van der Waals surface area contributed by atoms with Gasteiger partial charge in [-0.25, -0.2) is 4.39 Å². The predicted molar refractivity (Wildman–Crippen MR) is 122 cm³/mol. The van der Waals surface area contributed by atoms with E-state index in [1.54, 1.807) is 25.1 Å². The number of rotatable bonds is 10. The van der Waals surface area contributed by atoms with Gasteiger partial charge in [-0.15, -0.1) is 11.8 Å². The quantitative estimate of drug-likeness (QED) is 0.551. The number of thioether (sulfide) groups is 1. The third-order valence-electron chi connectivity index (χ3n) is 4.87. The van der Waals surface area contributed by atoms with Gasteiger partial charge in [-0.05, 0) is 44.0 Å². The lowest BCUT2D eigenvalue weighted by Gasteiger charge is -2.29. The molecule has 2 rings (SSSR count). The van der Waals surface area contributed by atoms with Crippen molar-refractivity contribution in [2.45, 2.75) is 51.6 Å². The van der Waals surface area contributed by atoms with Crippen LogP contribution in [0.3, 0.4) is 0 Å². The fourth-order valence-electron chi connectivity index (χ4n) is 2.78. The first-order valence-corrected chi connectivity index (χ1v) is 11.5. The molecule has 0 spiro atoms. The van der Waals surface area contributed by atoms with Crippen LogP contribution in [0.2, 0.25) is 5.02 Å². The zero-order chi connectivity index (χ0) is 22.1. The van der Waals surface area contributed by atoms with Gasteiger partial charge in [0.25, 0.3) is 0 Å². The van der Waals surface area contributed by atoms with E-state index in [9.17, 15) is 14.0 Å². The molecular formula is C23H28ClFN2O2S. The van der Waals surface area contributed by atoms with Gasteiger partial charge < -0.3 is 10.2 Å². The van der Waals surface area contributed by atoms with Crippen LogP contribution >= 0.6 is 23.4 Å². The smallest absolute Gasteiger partial charge is 0.242 e. The number of halogens is 2. The molecule has 1 N–H and O–H groups in total. The minimum Gasteiger partial charge on any atom is -0.352 e. The molecule has 4 nitrogen and oxygen atoms in total. The second-order valence-electron chi connectivity index (χ2n) is 7.23. The normalized spacial score (nSPS) is 12.8. The molecule has 162 valence electrons. The molecular weight excluding hydrogens is 423 g/mol. The van der Waals surface area contributed by atoms with E-state index < -0.39 is 11.9 Å². The summed E-state index contributed by atoms with van der Waals surface area (Å²) in [5, 5.41) is 3.57. The fraction of sp³-hybridized carbons (Fsp3) is 0.391. The topological polar surface area (TPSA) is 49.4 Å². The highest BCUT2D eigenvalue weighted by molar-refractivity contribution is 7.99. The molecule has 0 aliphatic heterocycles. The van der Waals surface area contributed by atoms with E-state index in [0.29, 0.717) is 16.3 Å². The summed E-state index contributed by atoms with van der Waals surface area (Å²) in [7, 11) is 0. The first kappa shape index (κ1) is 24.2. The molecule has 0 aromatic heterocycles. The van der Waals surface area contributed by atoms with Gasteiger partial charge in [0.05, 0.1) is 5.75 Å². The van der Waals surface area contributed by atoms with Crippen LogP contribution in [0.15, 0.2) is 48.5 Å². The minimum atomic E-state index is -0.706. The summed E-state index contributed by atoms with van der Waals surface area (Å²) in [4.78, 5) is 27.1. The molecule has 0 fully saturated rings. The standard InChI is InChI=1S/C23H28ClFN2O2S/c1-4-16(2)26-23(29)17(3)27(13-19-7-5-6-8-21(19)25)22(28)15-30-14-18-9-11-20(24)12-10-18/h5-12,16-17H,4,13-15H2,1-3H3,(H,26,29)/t16-,17-/m1/s1. The Morgan fingerprint density at radius 3 is 2.43 bits per heavy atom. The van der Waals surface area contributed by atoms with Gasteiger partial charge in [-0.2, -0.15) is 0 Å².